The van der Waals surface area contributed by atoms with Crippen LogP contribution < -0.4 is 21.5 Å². The number of hydrazone groups is 2. The number of para-hydroxylation sites is 2. The van der Waals surface area contributed by atoms with E-state index < -0.39 is 0 Å². The molecule has 0 amide bonds. The molecule has 1 aromatic carbocycles. The molecule has 3 heterocycles. The van der Waals surface area contributed by atoms with E-state index in [2.05, 4.69) is 42.4 Å². The zero-order chi connectivity index (χ0) is 19.3. The number of hydrogen-bond donors (Lipinski definition) is 3. The minimum absolute atomic E-state index is 0.419. The lowest BCUT2D eigenvalue weighted by molar-refractivity contribution is 0.0398. The second-order valence-corrected chi connectivity index (χ2v) is 6.38. The highest BCUT2D eigenvalue weighted by molar-refractivity contribution is 6.15. The molecule has 10 nitrogen and oxygen atoms in total. The Balaban J connectivity index is 1.56. The van der Waals surface area contributed by atoms with Crippen LogP contribution >= 0.6 is 0 Å². The summed E-state index contributed by atoms with van der Waals surface area (Å²) in [6.45, 7) is 8.76. The van der Waals surface area contributed by atoms with E-state index in [4.69, 9.17) is 10.6 Å². The van der Waals surface area contributed by atoms with Gasteiger partial charge in [-0.3, -0.25) is 4.90 Å². The average molecular weight is 381 g/mol. The van der Waals surface area contributed by atoms with Gasteiger partial charge in [-0.1, -0.05) is 12.1 Å². The van der Waals surface area contributed by atoms with Crippen LogP contribution in [0.3, 0.4) is 0 Å². The maximum absolute atomic E-state index is 5.66. The van der Waals surface area contributed by atoms with Crippen molar-refractivity contribution in [1.29, 1.82) is 0 Å². The third kappa shape index (κ3) is 3.59. The highest BCUT2D eigenvalue weighted by Gasteiger charge is 2.26. The van der Waals surface area contributed by atoms with E-state index in [0.29, 0.717) is 23.2 Å². The molecule has 0 atom stereocenters. The summed E-state index contributed by atoms with van der Waals surface area (Å²) in [7, 11) is 0. The fourth-order valence-electron chi connectivity index (χ4n) is 3.26. The second-order valence-electron chi connectivity index (χ2n) is 6.38. The maximum atomic E-state index is 5.66. The van der Waals surface area contributed by atoms with Crippen LogP contribution in [-0.4, -0.2) is 66.8 Å². The number of nitrogens with zero attached hydrogens (tertiary/aromatic N) is 6. The Hall–Kier alpha value is -3.24. The Bertz CT molecular complexity index is 879. The van der Waals surface area contributed by atoms with Gasteiger partial charge in [0.2, 0.25) is 5.95 Å². The molecule has 1 aromatic heterocycles. The number of rotatable bonds is 5. The highest BCUT2D eigenvalue weighted by Crippen LogP contribution is 2.35. The maximum Gasteiger partial charge on any atom is 0.224 e. The minimum Gasteiger partial charge on any atom is -0.379 e. The number of amidine groups is 1. The lowest BCUT2D eigenvalue weighted by Crippen LogP contribution is -2.39. The fraction of sp³-hybridized carbons (Fsp3) is 0.333. The van der Waals surface area contributed by atoms with Crippen molar-refractivity contribution in [1.82, 2.24) is 14.9 Å². The third-order valence-electron chi connectivity index (χ3n) is 4.69. The number of anilines is 4. The predicted octanol–water partition coefficient (Wildman–Crippen LogP) is 1.02. The lowest BCUT2D eigenvalue weighted by Gasteiger charge is -2.26. The van der Waals surface area contributed by atoms with Gasteiger partial charge in [0, 0.05) is 39.1 Å². The zero-order valence-corrected chi connectivity index (χ0v) is 15.5. The topological polar surface area (TPSA) is 116 Å². The van der Waals surface area contributed by atoms with Crippen LogP contribution in [0.2, 0.25) is 0 Å². The van der Waals surface area contributed by atoms with Crippen molar-refractivity contribution in [3.63, 3.8) is 0 Å². The Morgan fingerprint density at radius 1 is 1.29 bits per heavy atom. The van der Waals surface area contributed by atoms with Gasteiger partial charge in [-0.15, -0.1) is 0 Å². The first-order valence-electron chi connectivity index (χ1n) is 9.12. The van der Waals surface area contributed by atoms with Crippen LogP contribution in [0.5, 0.6) is 0 Å². The van der Waals surface area contributed by atoms with Gasteiger partial charge in [0.1, 0.15) is 5.82 Å². The molecule has 1 fully saturated rings. The van der Waals surface area contributed by atoms with Crippen LogP contribution in [0.1, 0.15) is 5.56 Å². The molecule has 146 valence electrons. The molecule has 0 aliphatic carbocycles. The smallest absolute Gasteiger partial charge is 0.224 e. The monoisotopic (exact) mass is 381 g/mol. The fourth-order valence-corrected chi connectivity index (χ4v) is 3.26. The molecule has 4 N–H and O–H groups in total. The molecule has 0 unspecified atom stereocenters. The van der Waals surface area contributed by atoms with Gasteiger partial charge in [0.25, 0.3) is 0 Å². The van der Waals surface area contributed by atoms with Gasteiger partial charge in [0.15, 0.2) is 5.84 Å². The van der Waals surface area contributed by atoms with Gasteiger partial charge in [-0.05, 0) is 12.1 Å². The summed E-state index contributed by atoms with van der Waals surface area (Å²) in [5, 5.41) is 16.2. The number of fused-ring (bicyclic) bond motifs is 2. The summed E-state index contributed by atoms with van der Waals surface area (Å²) in [5.74, 6) is 7.21. The van der Waals surface area contributed by atoms with Crippen LogP contribution in [0.15, 0.2) is 40.7 Å². The van der Waals surface area contributed by atoms with Gasteiger partial charge in [-0.2, -0.15) is 15.2 Å². The molecule has 4 rings (SSSR count). The summed E-state index contributed by atoms with van der Waals surface area (Å²) in [6, 6.07) is 7.68. The van der Waals surface area contributed by atoms with Crippen molar-refractivity contribution >= 4 is 35.7 Å². The second kappa shape index (κ2) is 8.19. The molecule has 2 aromatic rings. The van der Waals surface area contributed by atoms with E-state index in [-0.39, 0.29) is 0 Å². The first-order valence-corrected chi connectivity index (χ1v) is 9.12. The molecular formula is C18H23N9O. The normalized spacial score (nSPS) is 18.0. The molecule has 2 aliphatic rings. The number of benzene rings is 1. The van der Waals surface area contributed by atoms with Crippen molar-refractivity contribution in [2.45, 2.75) is 0 Å². The standard InChI is InChI=1S/C18H23N9O/c1-20-27-15-5-3-2-4-14(15)23-16-13(17(27)25-19)12-22-18(24-16)21-6-7-26-8-10-28-11-9-26/h2-5,12H,1,6-11,19H2,(H2,21,22,23,24)/b25-17-. The predicted molar refractivity (Wildman–Crippen MR) is 110 cm³/mol. The van der Waals surface area contributed by atoms with E-state index in [1.54, 1.807) is 11.2 Å². The Morgan fingerprint density at radius 3 is 2.89 bits per heavy atom. The van der Waals surface area contributed by atoms with Crippen molar-refractivity contribution in [2.24, 2.45) is 16.0 Å². The molecular weight excluding hydrogens is 358 g/mol. The van der Waals surface area contributed by atoms with Crippen molar-refractivity contribution in [2.75, 3.05) is 55.0 Å². The van der Waals surface area contributed by atoms with Gasteiger partial charge < -0.3 is 21.2 Å². The Kier molecular flexibility index (Phi) is 5.31. The largest absolute Gasteiger partial charge is 0.379 e. The van der Waals surface area contributed by atoms with Gasteiger partial charge in [0.05, 0.1) is 30.2 Å². The van der Waals surface area contributed by atoms with Gasteiger partial charge >= 0.3 is 0 Å². The van der Waals surface area contributed by atoms with Crippen LogP contribution in [0.4, 0.5) is 23.1 Å². The molecule has 0 spiro atoms. The quantitative estimate of drug-likeness (QED) is 0.399. The first kappa shape index (κ1) is 18.1. The van der Waals surface area contributed by atoms with Crippen molar-refractivity contribution < 1.29 is 4.74 Å². The van der Waals surface area contributed by atoms with E-state index in [0.717, 1.165) is 50.8 Å². The molecule has 0 bridgehead atoms. The molecule has 0 saturated carbocycles. The summed E-state index contributed by atoms with van der Waals surface area (Å²) in [4.78, 5) is 11.4. The molecule has 28 heavy (non-hydrogen) atoms. The minimum atomic E-state index is 0.419. The van der Waals surface area contributed by atoms with Crippen LogP contribution in [0.25, 0.3) is 0 Å². The van der Waals surface area contributed by atoms with E-state index in [9.17, 15) is 0 Å². The Morgan fingerprint density at radius 2 is 2.11 bits per heavy atom. The molecule has 10 heteroatoms. The zero-order valence-electron chi connectivity index (χ0n) is 15.5. The number of ether oxygens (including phenoxy) is 1. The molecule has 0 radical (unpaired) electrons. The lowest BCUT2D eigenvalue weighted by atomic mass is 10.2. The summed E-state index contributed by atoms with van der Waals surface area (Å²) >= 11 is 0. The first-order chi connectivity index (χ1) is 13.8. The average Bonchev–Trinajstić information content (AvgIpc) is 2.87. The SMILES string of the molecule is C=NN1/C(=N\N)c2cnc(NCCN3CCOCC3)nc2Nc2ccccc21. The summed E-state index contributed by atoms with van der Waals surface area (Å²) < 4.78 is 5.37. The summed E-state index contributed by atoms with van der Waals surface area (Å²) in [6.07, 6.45) is 1.68. The number of hydrogen-bond acceptors (Lipinski definition) is 9. The van der Waals surface area contributed by atoms with E-state index in [1.165, 1.54) is 0 Å². The number of nitrogens with one attached hydrogen (secondary N) is 2. The van der Waals surface area contributed by atoms with Gasteiger partial charge in [-0.25, -0.2) is 9.99 Å². The Labute approximate surface area is 163 Å². The van der Waals surface area contributed by atoms with Crippen LogP contribution in [0, 0.1) is 0 Å². The highest BCUT2D eigenvalue weighted by atomic mass is 16.5. The number of nitrogens with two attached hydrogens (primary N) is 1. The van der Waals surface area contributed by atoms with E-state index in [1.807, 2.05) is 24.3 Å². The van der Waals surface area contributed by atoms with Crippen molar-refractivity contribution in [3.8, 4) is 0 Å². The van der Waals surface area contributed by atoms with E-state index >= 15 is 0 Å². The molecule has 1 saturated heterocycles. The third-order valence-corrected chi connectivity index (χ3v) is 4.69. The number of morpholine rings is 1. The summed E-state index contributed by atoms with van der Waals surface area (Å²) in [5.41, 5.74) is 2.25. The van der Waals surface area contributed by atoms with Crippen LogP contribution in [-0.2, 0) is 4.74 Å². The number of aromatic nitrogens is 2. The molecule has 2 aliphatic heterocycles. The van der Waals surface area contributed by atoms with Crippen molar-refractivity contribution in [3.05, 3.63) is 36.0 Å².